The van der Waals surface area contributed by atoms with Gasteiger partial charge in [-0.1, -0.05) is 24.8 Å². The fourth-order valence-corrected chi connectivity index (χ4v) is 3.31. The van der Waals surface area contributed by atoms with Gasteiger partial charge in [-0.2, -0.15) is 0 Å². The van der Waals surface area contributed by atoms with E-state index in [0.717, 1.165) is 39.6 Å². The van der Waals surface area contributed by atoms with Crippen molar-refractivity contribution in [2.45, 2.75) is 32.7 Å². The highest BCUT2D eigenvalue weighted by Gasteiger charge is 2.28. The van der Waals surface area contributed by atoms with Gasteiger partial charge in [0.15, 0.2) is 0 Å². The number of likely N-dealkylation sites (N-methyl/N-ethyl adjacent to an activating group) is 1. The third-order valence-electron chi connectivity index (χ3n) is 4.77. The maximum absolute atomic E-state index is 13.9. The van der Waals surface area contributed by atoms with E-state index in [1.54, 1.807) is 13.0 Å². The van der Waals surface area contributed by atoms with Crippen LogP contribution in [0.4, 0.5) is 8.78 Å². The number of nitrogens with one attached hydrogen (secondary N) is 1. The highest BCUT2D eigenvalue weighted by Crippen LogP contribution is 2.31. The van der Waals surface area contributed by atoms with Crippen molar-refractivity contribution in [3.8, 4) is 0 Å². The highest BCUT2D eigenvalue weighted by atomic mass is 19.3. The lowest BCUT2D eigenvalue weighted by molar-refractivity contribution is 0.0168. The van der Waals surface area contributed by atoms with Gasteiger partial charge in [0.25, 0.3) is 5.92 Å². The van der Waals surface area contributed by atoms with Crippen molar-refractivity contribution >= 4 is 5.84 Å². The molecule has 0 amide bonds. The van der Waals surface area contributed by atoms with Crippen LogP contribution in [0.1, 0.15) is 30.5 Å². The number of hydrogen-bond acceptors (Lipinski definition) is 3. The molecule has 0 unspecified atom stereocenters. The minimum atomic E-state index is -2.88. The van der Waals surface area contributed by atoms with Gasteiger partial charge in [-0.05, 0) is 32.7 Å². The summed E-state index contributed by atoms with van der Waals surface area (Å²) in [7, 11) is 2.13. The minimum Gasteiger partial charge on any atom is -0.347 e. The fraction of sp³-hybridized carbons (Fsp3) is 0.550. The summed E-state index contributed by atoms with van der Waals surface area (Å²) in [5, 5.41) is 3.04. The molecule has 0 aromatic heterocycles. The van der Waals surface area contributed by atoms with Gasteiger partial charge in [0.1, 0.15) is 5.84 Å². The summed E-state index contributed by atoms with van der Waals surface area (Å²) in [5.74, 6) is -2.30. The monoisotopic (exact) mass is 364 g/mol. The molecule has 1 saturated heterocycles. The third kappa shape index (κ3) is 5.35. The number of rotatable bonds is 6. The van der Waals surface area contributed by atoms with Gasteiger partial charge in [0, 0.05) is 50.8 Å². The van der Waals surface area contributed by atoms with Crippen LogP contribution in [0.25, 0.3) is 0 Å². The molecule has 1 aliphatic rings. The second-order valence-corrected chi connectivity index (χ2v) is 7.15. The molecule has 4 nitrogen and oxygen atoms in total. The van der Waals surface area contributed by atoms with Crippen LogP contribution in [0.15, 0.2) is 36.0 Å². The largest absolute Gasteiger partial charge is 0.347 e. The Balaban J connectivity index is 2.22. The van der Waals surface area contributed by atoms with E-state index in [9.17, 15) is 8.78 Å². The van der Waals surface area contributed by atoms with Gasteiger partial charge in [0.2, 0.25) is 0 Å². The fourth-order valence-electron chi connectivity index (χ4n) is 3.31. The maximum atomic E-state index is 13.9. The van der Waals surface area contributed by atoms with Crippen LogP contribution < -0.4 is 5.32 Å². The molecule has 0 saturated carbocycles. The molecule has 6 heteroatoms. The van der Waals surface area contributed by atoms with Crippen LogP contribution in [-0.2, 0) is 5.92 Å². The van der Waals surface area contributed by atoms with E-state index in [0.29, 0.717) is 17.0 Å². The summed E-state index contributed by atoms with van der Waals surface area (Å²) < 4.78 is 27.7. The molecule has 0 radical (unpaired) electrons. The smallest absolute Gasteiger partial charge is 0.270 e. The zero-order valence-corrected chi connectivity index (χ0v) is 16.2. The minimum absolute atomic E-state index is 0.0280. The molecule has 26 heavy (non-hydrogen) atoms. The number of nitrogens with zero attached hydrogens (tertiary/aromatic N) is 3. The number of aliphatic imine (C=N–C) groups is 1. The summed E-state index contributed by atoms with van der Waals surface area (Å²) in [6, 6.07) is 4.99. The molecule has 1 fully saturated rings. The second kappa shape index (κ2) is 8.73. The Morgan fingerprint density at radius 3 is 2.58 bits per heavy atom. The second-order valence-electron chi connectivity index (χ2n) is 7.15. The number of benzene rings is 1. The molecule has 0 spiro atoms. The highest BCUT2D eigenvalue weighted by molar-refractivity contribution is 6.01. The first-order valence-corrected chi connectivity index (χ1v) is 9.06. The topological polar surface area (TPSA) is 30.9 Å². The van der Waals surface area contributed by atoms with E-state index in [1.807, 2.05) is 6.07 Å². The number of halogens is 2. The molecule has 1 aliphatic heterocycles. The van der Waals surface area contributed by atoms with E-state index in [1.165, 1.54) is 12.3 Å². The van der Waals surface area contributed by atoms with E-state index in [2.05, 4.69) is 35.7 Å². The van der Waals surface area contributed by atoms with Crippen LogP contribution in [-0.4, -0.2) is 61.4 Å². The van der Waals surface area contributed by atoms with Crippen LogP contribution in [0, 0.1) is 6.92 Å². The van der Waals surface area contributed by atoms with Crippen LogP contribution >= 0.6 is 0 Å². The lowest BCUT2D eigenvalue weighted by atomic mass is 9.97. The summed E-state index contributed by atoms with van der Waals surface area (Å²) in [4.78, 5) is 9.47. The number of hydrogen-bond donors (Lipinski definition) is 1. The maximum Gasteiger partial charge on any atom is 0.270 e. The molecule has 1 heterocycles. The SMILES string of the molecule is C=CNC(=N[C@@H](C)CN1CCN(C)CC1)c1cccc(C(C)(F)F)c1C. The molecule has 1 aromatic rings. The first kappa shape index (κ1) is 20.5. The average Bonchev–Trinajstić information content (AvgIpc) is 2.56. The molecule has 2 rings (SSSR count). The van der Waals surface area contributed by atoms with Gasteiger partial charge in [-0.15, -0.1) is 0 Å². The Hall–Kier alpha value is -1.79. The molecule has 144 valence electrons. The zero-order chi connectivity index (χ0) is 19.3. The Bertz CT molecular complexity index is 644. The number of amidine groups is 1. The molecule has 0 aliphatic carbocycles. The lowest BCUT2D eigenvalue weighted by Gasteiger charge is -2.33. The summed E-state index contributed by atoms with van der Waals surface area (Å²) >= 11 is 0. The van der Waals surface area contributed by atoms with E-state index in [4.69, 9.17) is 4.99 Å². The third-order valence-corrected chi connectivity index (χ3v) is 4.77. The molecule has 1 aromatic carbocycles. The Kier molecular flexibility index (Phi) is 6.89. The molecule has 1 atom stereocenters. The first-order chi connectivity index (χ1) is 12.2. The Morgan fingerprint density at radius 1 is 1.35 bits per heavy atom. The van der Waals surface area contributed by atoms with Crippen molar-refractivity contribution in [3.63, 3.8) is 0 Å². The van der Waals surface area contributed by atoms with E-state index < -0.39 is 5.92 Å². The van der Waals surface area contributed by atoms with Crippen molar-refractivity contribution in [3.05, 3.63) is 47.7 Å². The predicted molar refractivity (Wildman–Crippen MR) is 104 cm³/mol. The average molecular weight is 364 g/mol. The van der Waals surface area contributed by atoms with Gasteiger partial charge in [-0.25, -0.2) is 8.78 Å². The van der Waals surface area contributed by atoms with Gasteiger partial charge < -0.3 is 10.2 Å². The Morgan fingerprint density at radius 2 is 2.00 bits per heavy atom. The van der Waals surface area contributed by atoms with Gasteiger partial charge in [-0.3, -0.25) is 9.89 Å². The lowest BCUT2D eigenvalue weighted by Crippen LogP contribution is -2.46. The predicted octanol–water partition coefficient (Wildman–Crippen LogP) is 3.22. The van der Waals surface area contributed by atoms with Crippen LogP contribution in [0.5, 0.6) is 0 Å². The summed E-state index contributed by atoms with van der Waals surface area (Å²) in [5.41, 5.74) is 1.26. The van der Waals surface area contributed by atoms with Crippen molar-refractivity contribution in [2.24, 2.45) is 4.99 Å². The Labute approximate surface area is 155 Å². The van der Waals surface area contributed by atoms with Crippen molar-refractivity contribution in [2.75, 3.05) is 39.8 Å². The van der Waals surface area contributed by atoms with Crippen LogP contribution in [0.2, 0.25) is 0 Å². The van der Waals surface area contributed by atoms with Crippen molar-refractivity contribution < 1.29 is 8.78 Å². The van der Waals surface area contributed by atoms with Crippen LogP contribution in [0.3, 0.4) is 0 Å². The van der Waals surface area contributed by atoms with Crippen molar-refractivity contribution in [1.82, 2.24) is 15.1 Å². The number of piperazine rings is 1. The molecule has 1 N–H and O–H groups in total. The number of alkyl halides is 2. The summed E-state index contributed by atoms with van der Waals surface area (Å²) in [6.45, 7) is 13.4. The molecule has 0 bridgehead atoms. The normalized spacial score (nSPS) is 18.6. The molecular weight excluding hydrogens is 334 g/mol. The van der Waals surface area contributed by atoms with E-state index in [-0.39, 0.29) is 11.6 Å². The molecular formula is C20H30F2N4. The summed E-state index contributed by atoms with van der Waals surface area (Å²) in [6.07, 6.45) is 1.54. The zero-order valence-electron chi connectivity index (χ0n) is 16.2. The quantitative estimate of drug-likeness (QED) is 0.621. The standard InChI is InChI=1S/C20H30F2N4/c1-6-23-19(17-8-7-9-18(16(17)3)20(4,21)22)24-15(2)14-26-12-10-25(5)11-13-26/h6-9,15H,1,10-14H2,2-5H3,(H,23,24)/t15-/m0/s1. The first-order valence-electron chi connectivity index (χ1n) is 9.06. The van der Waals surface area contributed by atoms with Crippen molar-refractivity contribution in [1.29, 1.82) is 0 Å². The van der Waals surface area contributed by atoms with Gasteiger partial charge >= 0.3 is 0 Å². The van der Waals surface area contributed by atoms with Gasteiger partial charge in [0.05, 0.1) is 6.04 Å². The van der Waals surface area contributed by atoms with E-state index >= 15 is 0 Å².